The van der Waals surface area contributed by atoms with E-state index >= 15 is 0 Å². The van der Waals surface area contributed by atoms with Crippen LogP contribution in [-0.4, -0.2) is 16.3 Å². The fraction of sp³-hybridized carbons (Fsp3) is 0.333. The lowest BCUT2D eigenvalue weighted by molar-refractivity contribution is -0.389. The van der Waals surface area contributed by atoms with Gasteiger partial charge >= 0.3 is 17.9 Å². The first-order chi connectivity index (χ1) is 9.15. The van der Waals surface area contributed by atoms with Crippen molar-refractivity contribution in [1.82, 2.24) is 4.98 Å². The minimum absolute atomic E-state index is 0.214. The summed E-state index contributed by atoms with van der Waals surface area (Å²) in [7, 11) is 0. The quantitative estimate of drug-likeness (QED) is 0.484. The second kappa shape index (κ2) is 5.64. The van der Waals surface area contributed by atoms with Gasteiger partial charge in [-0.25, -0.2) is 13.8 Å². The highest BCUT2D eigenvalue weighted by molar-refractivity contribution is 5.46. The fourth-order valence-electron chi connectivity index (χ4n) is 1.26. The van der Waals surface area contributed by atoms with Gasteiger partial charge < -0.3 is 4.74 Å². The van der Waals surface area contributed by atoms with Crippen molar-refractivity contribution in [1.29, 1.82) is 5.26 Å². The summed E-state index contributed by atoms with van der Waals surface area (Å²) in [5, 5.41) is 19.0. The highest BCUT2D eigenvalue weighted by atomic mass is 19.4. The van der Waals surface area contributed by atoms with E-state index in [1.54, 1.807) is 0 Å². The number of hydrogen-bond donors (Lipinski definition) is 0. The Hall–Kier alpha value is -2.51. The molecular weight excluding hydrogens is 293 g/mol. The van der Waals surface area contributed by atoms with E-state index in [1.807, 2.05) is 0 Å². The summed E-state index contributed by atoms with van der Waals surface area (Å²) in [5.74, 6) is -1.49. The van der Waals surface area contributed by atoms with Crippen molar-refractivity contribution in [3.63, 3.8) is 0 Å². The molecule has 0 fully saturated rings. The van der Waals surface area contributed by atoms with Crippen LogP contribution in [-0.2, 0) is 6.42 Å². The molecule has 11 heteroatoms. The Morgan fingerprint density at radius 1 is 1.50 bits per heavy atom. The van der Waals surface area contributed by atoms with E-state index in [0.29, 0.717) is 0 Å². The summed E-state index contributed by atoms with van der Waals surface area (Å²) in [5.41, 5.74) is -3.07. The average molecular weight is 297 g/mol. The number of halogens is 5. The molecule has 6 nitrogen and oxygen atoms in total. The van der Waals surface area contributed by atoms with Gasteiger partial charge in [0.2, 0.25) is 0 Å². The first-order valence-corrected chi connectivity index (χ1v) is 4.74. The van der Waals surface area contributed by atoms with Crippen molar-refractivity contribution in [2.75, 3.05) is 0 Å². The van der Waals surface area contributed by atoms with Crippen LogP contribution in [0.2, 0.25) is 0 Å². The lowest BCUT2D eigenvalue weighted by Crippen LogP contribution is -2.19. The van der Waals surface area contributed by atoms with E-state index in [1.165, 1.54) is 6.07 Å². The van der Waals surface area contributed by atoms with Gasteiger partial charge in [0.15, 0.2) is 0 Å². The zero-order valence-corrected chi connectivity index (χ0v) is 9.32. The maximum absolute atomic E-state index is 12.6. The molecule has 0 radical (unpaired) electrons. The molecule has 0 unspecified atom stereocenters. The summed E-state index contributed by atoms with van der Waals surface area (Å²) >= 11 is 0. The van der Waals surface area contributed by atoms with Crippen LogP contribution in [0.1, 0.15) is 17.7 Å². The van der Waals surface area contributed by atoms with Gasteiger partial charge in [0.05, 0.1) is 23.1 Å². The topological polar surface area (TPSA) is 89.0 Å². The number of nitro groups is 1. The molecular formula is C9H4F5N3O3. The molecule has 0 spiro atoms. The largest absolute Gasteiger partial charge is 0.574 e. The SMILES string of the molecule is N#CCc1nc(OC(F)(F)F)c([N+](=O)[O-])cc1C(F)F. The van der Waals surface area contributed by atoms with E-state index in [-0.39, 0.29) is 6.07 Å². The van der Waals surface area contributed by atoms with Crippen LogP contribution in [0, 0.1) is 21.4 Å². The summed E-state index contributed by atoms with van der Waals surface area (Å²) in [4.78, 5) is 12.2. The Balaban J connectivity index is 3.45. The van der Waals surface area contributed by atoms with Crippen LogP contribution in [0.5, 0.6) is 5.88 Å². The number of nitriles is 1. The van der Waals surface area contributed by atoms with E-state index in [4.69, 9.17) is 5.26 Å². The van der Waals surface area contributed by atoms with Crippen molar-refractivity contribution in [2.24, 2.45) is 0 Å². The molecule has 0 N–H and O–H groups in total. The number of hydrogen-bond acceptors (Lipinski definition) is 5. The van der Waals surface area contributed by atoms with E-state index in [0.717, 1.165) is 0 Å². The van der Waals surface area contributed by atoms with E-state index in [2.05, 4.69) is 9.72 Å². The number of aromatic nitrogens is 1. The number of pyridine rings is 1. The van der Waals surface area contributed by atoms with Gasteiger partial charge in [-0.3, -0.25) is 10.1 Å². The number of ether oxygens (including phenoxy) is 1. The van der Waals surface area contributed by atoms with Crippen LogP contribution >= 0.6 is 0 Å². The number of rotatable bonds is 4. The molecule has 1 rings (SSSR count). The zero-order chi connectivity index (χ0) is 15.5. The molecule has 0 aliphatic heterocycles. The summed E-state index contributed by atoms with van der Waals surface area (Å²) in [6.07, 6.45) is -9.26. The monoisotopic (exact) mass is 297 g/mol. The van der Waals surface area contributed by atoms with Crippen molar-refractivity contribution in [3.05, 3.63) is 27.4 Å². The minimum Gasteiger partial charge on any atom is -0.381 e. The number of nitrogens with zero attached hydrogens (tertiary/aromatic N) is 3. The van der Waals surface area contributed by atoms with Crippen LogP contribution in [0.4, 0.5) is 27.6 Å². The molecule has 0 saturated heterocycles. The third-order valence-electron chi connectivity index (χ3n) is 1.97. The van der Waals surface area contributed by atoms with Gasteiger partial charge in [0.25, 0.3) is 6.43 Å². The third-order valence-corrected chi connectivity index (χ3v) is 1.97. The molecule has 108 valence electrons. The predicted molar refractivity (Wildman–Crippen MR) is 51.8 cm³/mol. The summed E-state index contributed by atoms with van der Waals surface area (Å²) < 4.78 is 64.8. The molecule has 1 aromatic heterocycles. The van der Waals surface area contributed by atoms with Crippen molar-refractivity contribution in [3.8, 4) is 11.9 Å². The smallest absolute Gasteiger partial charge is 0.381 e. The number of alkyl halides is 5. The van der Waals surface area contributed by atoms with Crippen molar-refractivity contribution in [2.45, 2.75) is 19.2 Å². The van der Waals surface area contributed by atoms with E-state index in [9.17, 15) is 32.1 Å². The normalized spacial score (nSPS) is 11.2. The molecule has 0 aliphatic rings. The Morgan fingerprint density at radius 3 is 2.50 bits per heavy atom. The second-order valence-electron chi connectivity index (χ2n) is 3.29. The maximum Gasteiger partial charge on any atom is 0.574 e. The molecule has 0 saturated carbocycles. The van der Waals surface area contributed by atoms with Crippen LogP contribution in [0.3, 0.4) is 0 Å². The van der Waals surface area contributed by atoms with Crippen LogP contribution < -0.4 is 4.74 Å². The van der Waals surface area contributed by atoms with Crippen LogP contribution in [0.15, 0.2) is 6.07 Å². The Morgan fingerprint density at radius 2 is 2.10 bits per heavy atom. The Kier molecular flexibility index (Phi) is 4.38. The van der Waals surface area contributed by atoms with Crippen molar-refractivity contribution < 1.29 is 31.6 Å². The standard InChI is InChI=1S/C9H4F5N3O3/c10-7(11)4-3-6(17(18)19)8(20-9(12,13)14)16-5(4)1-2-15/h3,7H,1H2. The van der Waals surface area contributed by atoms with Crippen LogP contribution in [0.25, 0.3) is 0 Å². The average Bonchev–Trinajstić information content (AvgIpc) is 2.26. The van der Waals surface area contributed by atoms with Gasteiger partial charge in [0, 0.05) is 11.6 Å². The fourth-order valence-corrected chi connectivity index (χ4v) is 1.26. The predicted octanol–water partition coefficient (Wildman–Crippen LogP) is 2.89. The van der Waals surface area contributed by atoms with Gasteiger partial charge in [-0.15, -0.1) is 13.2 Å². The highest BCUT2D eigenvalue weighted by Crippen LogP contribution is 2.35. The summed E-state index contributed by atoms with van der Waals surface area (Å²) in [6, 6.07) is 1.63. The third kappa shape index (κ3) is 3.74. The Bertz CT molecular complexity index is 567. The zero-order valence-electron chi connectivity index (χ0n) is 9.32. The van der Waals surface area contributed by atoms with Crippen molar-refractivity contribution >= 4 is 5.69 Å². The molecule has 0 bridgehead atoms. The van der Waals surface area contributed by atoms with Gasteiger partial charge in [0.1, 0.15) is 0 Å². The lowest BCUT2D eigenvalue weighted by atomic mass is 10.1. The second-order valence-corrected chi connectivity index (χ2v) is 3.29. The molecule has 0 aromatic carbocycles. The molecule has 1 heterocycles. The maximum atomic E-state index is 12.6. The molecule has 0 aliphatic carbocycles. The van der Waals surface area contributed by atoms with Gasteiger partial charge in [-0.05, 0) is 0 Å². The summed E-state index contributed by atoms with van der Waals surface area (Å²) in [6.45, 7) is 0. The Labute approximate surface area is 107 Å². The van der Waals surface area contributed by atoms with E-state index < -0.39 is 47.0 Å². The van der Waals surface area contributed by atoms with Gasteiger partial charge in [-0.2, -0.15) is 5.26 Å². The first kappa shape index (κ1) is 15.5. The molecule has 20 heavy (non-hydrogen) atoms. The van der Waals surface area contributed by atoms with Gasteiger partial charge in [-0.1, -0.05) is 0 Å². The minimum atomic E-state index is -5.28. The molecule has 0 amide bonds. The molecule has 1 aromatic rings. The lowest BCUT2D eigenvalue weighted by Gasteiger charge is -2.11. The molecule has 0 atom stereocenters. The highest BCUT2D eigenvalue weighted by Gasteiger charge is 2.36. The first-order valence-electron chi connectivity index (χ1n) is 4.74.